The SMILES string of the molecule is COc1cc(/C=C2\SC(=O)N(Cc3ccc(Cl)cc3)C2=O)cc(Cl)c1OCc1ccccc1. The summed E-state index contributed by atoms with van der Waals surface area (Å²) in [7, 11) is 1.52. The highest BCUT2D eigenvalue weighted by Gasteiger charge is 2.35. The molecule has 0 aliphatic carbocycles. The van der Waals surface area contributed by atoms with E-state index in [-0.39, 0.29) is 17.7 Å². The van der Waals surface area contributed by atoms with Crippen molar-refractivity contribution in [1.29, 1.82) is 0 Å². The Bertz CT molecular complexity index is 1210. The number of benzene rings is 3. The maximum absolute atomic E-state index is 12.9. The van der Waals surface area contributed by atoms with Gasteiger partial charge in [-0.15, -0.1) is 0 Å². The number of methoxy groups -OCH3 is 1. The number of hydrogen-bond acceptors (Lipinski definition) is 5. The third-order valence-corrected chi connectivity index (χ3v) is 6.34. The second-order valence-corrected chi connectivity index (χ2v) is 9.04. The van der Waals surface area contributed by atoms with Gasteiger partial charge < -0.3 is 9.47 Å². The van der Waals surface area contributed by atoms with E-state index in [1.165, 1.54) is 12.0 Å². The van der Waals surface area contributed by atoms with Crippen LogP contribution in [0.2, 0.25) is 10.0 Å². The van der Waals surface area contributed by atoms with Gasteiger partial charge in [0.05, 0.1) is 23.6 Å². The number of hydrogen-bond donors (Lipinski definition) is 0. The van der Waals surface area contributed by atoms with Crippen molar-refractivity contribution in [3.05, 3.63) is 98.4 Å². The van der Waals surface area contributed by atoms with E-state index in [9.17, 15) is 9.59 Å². The van der Waals surface area contributed by atoms with Gasteiger partial charge in [-0.05, 0) is 58.8 Å². The molecule has 0 radical (unpaired) electrons. The van der Waals surface area contributed by atoms with Crippen LogP contribution in [0.4, 0.5) is 4.79 Å². The first-order valence-electron chi connectivity index (χ1n) is 9.98. The number of amides is 2. The lowest BCUT2D eigenvalue weighted by Gasteiger charge is -2.14. The van der Waals surface area contributed by atoms with E-state index in [1.807, 2.05) is 30.3 Å². The van der Waals surface area contributed by atoms with E-state index >= 15 is 0 Å². The van der Waals surface area contributed by atoms with Gasteiger partial charge in [0.15, 0.2) is 11.5 Å². The van der Waals surface area contributed by atoms with Crippen LogP contribution >= 0.6 is 35.0 Å². The fourth-order valence-corrected chi connectivity index (χ4v) is 4.49. The van der Waals surface area contributed by atoms with Crippen molar-refractivity contribution in [1.82, 2.24) is 4.90 Å². The number of halogens is 2. The molecule has 1 aliphatic rings. The van der Waals surface area contributed by atoms with Crippen LogP contribution < -0.4 is 9.47 Å². The number of ether oxygens (including phenoxy) is 2. The first-order chi connectivity index (χ1) is 15.9. The predicted molar refractivity (Wildman–Crippen MR) is 132 cm³/mol. The molecular formula is C25H19Cl2NO4S. The molecule has 3 aromatic carbocycles. The molecule has 8 heteroatoms. The summed E-state index contributed by atoms with van der Waals surface area (Å²) in [6.45, 7) is 0.509. The Labute approximate surface area is 205 Å². The van der Waals surface area contributed by atoms with Crippen molar-refractivity contribution in [3.63, 3.8) is 0 Å². The van der Waals surface area contributed by atoms with Gasteiger partial charge in [0, 0.05) is 5.02 Å². The number of thioether (sulfide) groups is 1. The quantitative estimate of drug-likeness (QED) is 0.334. The molecule has 168 valence electrons. The molecule has 1 heterocycles. The standard InChI is InChI=1S/C25H19Cl2NO4S/c1-31-21-12-18(11-20(27)23(21)32-15-17-5-3-2-4-6-17)13-22-24(29)28(25(30)33-22)14-16-7-9-19(26)10-8-16/h2-13H,14-15H2,1H3/b22-13-. The minimum absolute atomic E-state index is 0.176. The van der Waals surface area contributed by atoms with Crippen LogP contribution in [0.3, 0.4) is 0 Å². The molecule has 4 rings (SSSR count). The Morgan fingerprint density at radius 1 is 0.970 bits per heavy atom. The maximum Gasteiger partial charge on any atom is 0.293 e. The summed E-state index contributed by atoms with van der Waals surface area (Å²) in [5.74, 6) is 0.487. The molecule has 1 aliphatic heterocycles. The van der Waals surface area contributed by atoms with Crippen LogP contribution in [0.25, 0.3) is 6.08 Å². The van der Waals surface area contributed by atoms with Gasteiger partial charge in [-0.25, -0.2) is 0 Å². The number of nitrogens with zero attached hydrogens (tertiary/aromatic N) is 1. The number of imide groups is 1. The van der Waals surface area contributed by atoms with E-state index < -0.39 is 0 Å². The second-order valence-electron chi connectivity index (χ2n) is 7.20. The zero-order valence-corrected chi connectivity index (χ0v) is 19.9. The summed E-state index contributed by atoms with van der Waals surface area (Å²) < 4.78 is 11.3. The van der Waals surface area contributed by atoms with Gasteiger partial charge in [0.2, 0.25) is 0 Å². The van der Waals surface area contributed by atoms with Crippen LogP contribution in [-0.2, 0) is 17.9 Å². The van der Waals surface area contributed by atoms with Crippen molar-refractivity contribution in [2.45, 2.75) is 13.2 Å². The molecule has 1 saturated heterocycles. The third-order valence-electron chi connectivity index (χ3n) is 4.90. The van der Waals surface area contributed by atoms with Crippen molar-refractivity contribution in [3.8, 4) is 11.5 Å². The average molecular weight is 500 g/mol. The van der Waals surface area contributed by atoms with Gasteiger partial charge >= 0.3 is 0 Å². The third kappa shape index (κ3) is 5.53. The highest BCUT2D eigenvalue weighted by Crippen LogP contribution is 2.39. The molecule has 0 spiro atoms. The highest BCUT2D eigenvalue weighted by atomic mass is 35.5. The summed E-state index contributed by atoms with van der Waals surface area (Å²) >= 11 is 13.3. The largest absolute Gasteiger partial charge is 0.493 e. The molecule has 0 saturated carbocycles. The van der Waals surface area contributed by atoms with Gasteiger partial charge in [-0.3, -0.25) is 14.5 Å². The maximum atomic E-state index is 12.9. The van der Waals surface area contributed by atoms with Gasteiger partial charge in [0.25, 0.3) is 11.1 Å². The lowest BCUT2D eigenvalue weighted by atomic mass is 10.1. The highest BCUT2D eigenvalue weighted by molar-refractivity contribution is 8.18. The Morgan fingerprint density at radius 2 is 1.70 bits per heavy atom. The Kier molecular flexibility index (Phi) is 7.28. The van der Waals surface area contributed by atoms with Gasteiger partial charge in [0.1, 0.15) is 6.61 Å². The molecule has 3 aromatic rings. The molecule has 33 heavy (non-hydrogen) atoms. The van der Waals surface area contributed by atoms with E-state index in [4.69, 9.17) is 32.7 Å². The summed E-state index contributed by atoms with van der Waals surface area (Å²) in [5, 5.41) is 0.605. The van der Waals surface area contributed by atoms with Gasteiger partial charge in [-0.1, -0.05) is 65.7 Å². The Morgan fingerprint density at radius 3 is 2.39 bits per heavy atom. The molecule has 0 bridgehead atoms. The van der Waals surface area contributed by atoms with Crippen LogP contribution in [0.15, 0.2) is 71.6 Å². The molecule has 0 aromatic heterocycles. The summed E-state index contributed by atoms with van der Waals surface area (Å²) in [5.41, 5.74) is 2.43. The zero-order chi connectivity index (χ0) is 23.4. The second kappa shape index (κ2) is 10.3. The fraction of sp³-hybridized carbons (Fsp3) is 0.120. The topological polar surface area (TPSA) is 55.8 Å². The van der Waals surface area contributed by atoms with Crippen LogP contribution in [0, 0.1) is 0 Å². The van der Waals surface area contributed by atoms with E-state index in [0.717, 1.165) is 22.9 Å². The van der Waals surface area contributed by atoms with Crippen LogP contribution in [0.1, 0.15) is 16.7 Å². The predicted octanol–water partition coefficient (Wildman–Crippen LogP) is 6.82. The minimum Gasteiger partial charge on any atom is -0.493 e. The molecule has 5 nitrogen and oxygen atoms in total. The smallest absolute Gasteiger partial charge is 0.293 e. The lowest BCUT2D eigenvalue weighted by Crippen LogP contribution is -2.27. The van der Waals surface area contributed by atoms with E-state index in [1.54, 1.807) is 42.5 Å². The number of carbonyl (C=O) groups is 2. The zero-order valence-electron chi connectivity index (χ0n) is 17.6. The first-order valence-corrected chi connectivity index (χ1v) is 11.6. The minimum atomic E-state index is -0.362. The summed E-state index contributed by atoms with van der Waals surface area (Å²) in [6.07, 6.45) is 1.63. The van der Waals surface area contributed by atoms with Crippen molar-refractivity contribution in [2.24, 2.45) is 0 Å². The van der Waals surface area contributed by atoms with E-state index in [2.05, 4.69) is 0 Å². The average Bonchev–Trinajstić information content (AvgIpc) is 3.07. The molecule has 0 atom stereocenters. The molecular weight excluding hydrogens is 481 g/mol. The Balaban J connectivity index is 1.53. The van der Waals surface area contributed by atoms with Crippen molar-refractivity contribution in [2.75, 3.05) is 7.11 Å². The van der Waals surface area contributed by atoms with Crippen LogP contribution in [-0.4, -0.2) is 23.2 Å². The normalized spacial score (nSPS) is 14.8. The Hall–Kier alpha value is -2.93. The first kappa shape index (κ1) is 23.2. The van der Waals surface area contributed by atoms with E-state index in [0.29, 0.717) is 38.6 Å². The molecule has 0 unspecified atom stereocenters. The summed E-state index contributed by atoms with van der Waals surface area (Å²) in [6, 6.07) is 20.1. The lowest BCUT2D eigenvalue weighted by molar-refractivity contribution is -0.123. The number of carbonyl (C=O) groups excluding carboxylic acids is 2. The van der Waals surface area contributed by atoms with Crippen LogP contribution in [0.5, 0.6) is 11.5 Å². The monoisotopic (exact) mass is 499 g/mol. The molecule has 1 fully saturated rings. The summed E-state index contributed by atoms with van der Waals surface area (Å²) in [4.78, 5) is 26.8. The molecule has 0 N–H and O–H groups in total. The van der Waals surface area contributed by atoms with Gasteiger partial charge in [-0.2, -0.15) is 0 Å². The fourth-order valence-electron chi connectivity index (χ4n) is 3.25. The van der Waals surface area contributed by atoms with Crippen molar-refractivity contribution >= 4 is 52.2 Å². The molecule has 2 amide bonds. The number of rotatable bonds is 7. The van der Waals surface area contributed by atoms with Crippen molar-refractivity contribution < 1.29 is 19.1 Å².